The van der Waals surface area contributed by atoms with Crippen molar-refractivity contribution in [1.82, 2.24) is 0 Å². The predicted molar refractivity (Wildman–Crippen MR) is 76.3 cm³/mol. The average molecular weight is 288 g/mol. The summed E-state index contributed by atoms with van der Waals surface area (Å²) in [4.78, 5) is 24.0. The Morgan fingerprint density at radius 1 is 1.29 bits per heavy atom. The van der Waals surface area contributed by atoms with E-state index in [1.165, 1.54) is 0 Å². The standard InChI is InChI=1S/C17H20O4/c1-16-8-5-9-17(12-16,21-15(16)19)10-14(18)20-11-13-6-3-2-4-7-13/h2-4,6-7H,5,8-12H2,1H3/t16-,17?/m1/s1. The van der Waals surface area contributed by atoms with Crippen LogP contribution < -0.4 is 0 Å². The van der Waals surface area contributed by atoms with Gasteiger partial charge in [-0.2, -0.15) is 0 Å². The molecule has 0 N–H and O–H groups in total. The van der Waals surface area contributed by atoms with E-state index in [0.717, 1.165) is 24.8 Å². The van der Waals surface area contributed by atoms with Gasteiger partial charge in [-0.25, -0.2) is 0 Å². The van der Waals surface area contributed by atoms with Crippen LogP contribution in [0.5, 0.6) is 0 Å². The second-order valence-electron chi connectivity index (χ2n) is 6.49. The third kappa shape index (κ3) is 2.80. The molecule has 0 radical (unpaired) electrons. The van der Waals surface area contributed by atoms with Crippen LogP contribution in [0.4, 0.5) is 0 Å². The van der Waals surface area contributed by atoms with E-state index >= 15 is 0 Å². The van der Waals surface area contributed by atoms with Crippen molar-refractivity contribution >= 4 is 11.9 Å². The number of rotatable bonds is 4. The molecular weight excluding hydrogens is 268 g/mol. The second kappa shape index (κ2) is 5.17. The Labute approximate surface area is 124 Å². The molecule has 4 nitrogen and oxygen atoms in total. The van der Waals surface area contributed by atoms with Gasteiger partial charge in [0, 0.05) is 6.42 Å². The molecule has 0 amide bonds. The van der Waals surface area contributed by atoms with Gasteiger partial charge in [-0.1, -0.05) is 30.3 Å². The fourth-order valence-electron chi connectivity index (χ4n) is 3.51. The van der Waals surface area contributed by atoms with E-state index in [1.54, 1.807) is 0 Å². The molecule has 2 atom stereocenters. The molecule has 2 bridgehead atoms. The summed E-state index contributed by atoms with van der Waals surface area (Å²) in [5.41, 5.74) is -0.0734. The van der Waals surface area contributed by atoms with Crippen LogP contribution in [-0.4, -0.2) is 17.5 Å². The molecule has 1 heterocycles. The zero-order chi connectivity index (χ0) is 14.9. The molecule has 1 aromatic rings. The number of benzene rings is 1. The van der Waals surface area contributed by atoms with Gasteiger partial charge in [-0.3, -0.25) is 9.59 Å². The first-order valence-corrected chi connectivity index (χ1v) is 7.44. The molecule has 112 valence electrons. The van der Waals surface area contributed by atoms with Crippen LogP contribution in [0.15, 0.2) is 30.3 Å². The highest BCUT2D eigenvalue weighted by Crippen LogP contribution is 2.52. The monoisotopic (exact) mass is 288 g/mol. The number of esters is 2. The summed E-state index contributed by atoms with van der Waals surface area (Å²) in [6.07, 6.45) is 3.34. The summed E-state index contributed by atoms with van der Waals surface area (Å²) in [6.45, 7) is 2.20. The maximum absolute atomic E-state index is 12.1. The quantitative estimate of drug-likeness (QED) is 0.799. The fourth-order valence-corrected chi connectivity index (χ4v) is 3.51. The normalized spacial score (nSPS) is 30.8. The lowest BCUT2D eigenvalue weighted by atomic mass is 9.70. The number of fused-ring (bicyclic) bond motifs is 2. The van der Waals surface area contributed by atoms with E-state index in [4.69, 9.17) is 9.47 Å². The lowest BCUT2D eigenvalue weighted by Crippen LogP contribution is -2.35. The first kappa shape index (κ1) is 14.1. The maximum atomic E-state index is 12.1. The van der Waals surface area contributed by atoms with Crippen molar-refractivity contribution in [2.75, 3.05) is 0 Å². The minimum absolute atomic E-state index is 0.157. The van der Waals surface area contributed by atoms with Crippen molar-refractivity contribution in [3.63, 3.8) is 0 Å². The molecule has 2 aliphatic rings. The van der Waals surface area contributed by atoms with Gasteiger partial charge in [0.05, 0.1) is 11.8 Å². The summed E-state index contributed by atoms with van der Waals surface area (Å²) < 4.78 is 10.9. The third-order valence-corrected chi connectivity index (χ3v) is 4.58. The highest BCUT2D eigenvalue weighted by atomic mass is 16.6. The summed E-state index contributed by atoms with van der Waals surface area (Å²) in [6, 6.07) is 9.57. The minimum Gasteiger partial charge on any atom is -0.461 e. The molecule has 21 heavy (non-hydrogen) atoms. The molecule has 4 heteroatoms. The molecule has 1 aliphatic heterocycles. The van der Waals surface area contributed by atoms with Crippen LogP contribution >= 0.6 is 0 Å². The maximum Gasteiger partial charge on any atom is 0.312 e. The number of ether oxygens (including phenoxy) is 2. The molecule has 0 spiro atoms. The lowest BCUT2D eigenvalue weighted by Gasteiger charge is -2.32. The van der Waals surface area contributed by atoms with Crippen molar-refractivity contribution in [2.45, 2.75) is 51.2 Å². The molecule has 1 aromatic carbocycles. The Kier molecular flexibility index (Phi) is 3.47. The van der Waals surface area contributed by atoms with Gasteiger partial charge >= 0.3 is 11.9 Å². The van der Waals surface area contributed by atoms with Crippen molar-refractivity contribution in [3.8, 4) is 0 Å². The SMILES string of the molecule is C[C@@]12CCCC(CC(=O)OCc3ccccc3)(C1)OC2=O. The molecular formula is C17H20O4. The molecule has 1 aliphatic carbocycles. The highest BCUT2D eigenvalue weighted by Gasteiger charge is 2.57. The second-order valence-corrected chi connectivity index (χ2v) is 6.49. The van der Waals surface area contributed by atoms with Crippen molar-refractivity contribution in [1.29, 1.82) is 0 Å². The topological polar surface area (TPSA) is 52.6 Å². The first-order valence-electron chi connectivity index (χ1n) is 7.44. The number of carbonyl (C=O) groups is 2. The van der Waals surface area contributed by atoms with Crippen LogP contribution in [0.1, 0.15) is 44.6 Å². The zero-order valence-electron chi connectivity index (χ0n) is 12.3. The van der Waals surface area contributed by atoms with E-state index in [2.05, 4.69) is 0 Å². The van der Waals surface area contributed by atoms with Crippen molar-refractivity contribution in [3.05, 3.63) is 35.9 Å². The zero-order valence-corrected chi connectivity index (χ0v) is 12.3. The van der Waals surface area contributed by atoms with Crippen LogP contribution in [-0.2, 0) is 25.7 Å². The molecule has 1 unspecified atom stereocenters. The van der Waals surface area contributed by atoms with Crippen LogP contribution in [0, 0.1) is 5.41 Å². The number of hydrogen-bond acceptors (Lipinski definition) is 4. The van der Waals surface area contributed by atoms with Crippen LogP contribution in [0.3, 0.4) is 0 Å². The Bertz CT molecular complexity index is 553. The van der Waals surface area contributed by atoms with Gasteiger partial charge in [0.2, 0.25) is 0 Å². The van der Waals surface area contributed by atoms with Gasteiger partial charge in [0.15, 0.2) is 0 Å². The molecule has 0 aromatic heterocycles. The van der Waals surface area contributed by atoms with Gasteiger partial charge in [0.1, 0.15) is 12.2 Å². The number of hydrogen-bond donors (Lipinski definition) is 0. The largest absolute Gasteiger partial charge is 0.461 e. The first-order chi connectivity index (χ1) is 10.0. The van der Waals surface area contributed by atoms with E-state index in [0.29, 0.717) is 6.42 Å². The summed E-state index contributed by atoms with van der Waals surface area (Å²) in [7, 11) is 0. The molecule has 1 saturated heterocycles. The smallest absolute Gasteiger partial charge is 0.312 e. The Balaban J connectivity index is 1.59. The molecule has 1 saturated carbocycles. The minimum atomic E-state index is -0.627. The van der Waals surface area contributed by atoms with E-state index in [-0.39, 0.29) is 25.0 Å². The highest BCUT2D eigenvalue weighted by molar-refractivity contribution is 5.81. The van der Waals surface area contributed by atoms with Crippen molar-refractivity contribution < 1.29 is 19.1 Å². The third-order valence-electron chi connectivity index (χ3n) is 4.58. The fraction of sp³-hybridized carbons (Fsp3) is 0.529. The predicted octanol–water partition coefficient (Wildman–Crippen LogP) is 3.00. The van der Waals surface area contributed by atoms with E-state index in [1.807, 2.05) is 37.3 Å². The Morgan fingerprint density at radius 2 is 2.05 bits per heavy atom. The van der Waals surface area contributed by atoms with E-state index in [9.17, 15) is 9.59 Å². The van der Waals surface area contributed by atoms with E-state index < -0.39 is 11.0 Å². The van der Waals surface area contributed by atoms with Gasteiger partial charge in [-0.05, 0) is 31.7 Å². The van der Waals surface area contributed by atoms with Gasteiger partial charge < -0.3 is 9.47 Å². The van der Waals surface area contributed by atoms with Gasteiger partial charge in [-0.15, -0.1) is 0 Å². The van der Waals surface area contributed by atoms with Crippen LogP contribution in [0.2, 0.25) is 0 Å². The lowest BCUT2D eigenvalue weighted by molar-refractivity contribution is -0.159. The van der Waals surface area contributed by atoms with Crippen molar-refractivity contribution in [2.24, 2.45) is 5.41 Å². The molecule has 3 rings (SSSR count). The molecule has 2 fully saturated rings. The summed E-state index contributed by atoms with van der Waals surface area (Å²) >= 11 is 0. The van der Waals surface area contributed by atoms with Gasteiger partial charge in [0.25, 0.3) is 0 Å². The summed E-state index contributed by atoms with van der Waals surface area (Å²) in [5.74, 6) is -0.450. The van der Waals surface area contributed by atoms with Crippen LogP contribution in [0.25, 0.3) is 0 Å². The Hall–Kier alpha value is -1.84. The average Bonchev–Trinajstić information content (AvgIpc) is 2.62. The summed E-state index contributed by atoms with van der Waals surface area (Å²) in [5, 5.41) is 0. The number of carbonyl (C=O) groups excluding carboxylic acids is 2. The Morgan fingerprint density at radius 3 is 2.81 bits per heavy atom.